The second-order valence-electron chi connectivity index (χ2n) is 5.90. The van der Waals surface area contributed by atoms with Crippen LogP contribution in [0.5, 0.6) is 0 Å². The highest BCUT2D eigenvalue weighted by Crippen LogP contribution is 2.34. The van der Waals surface area contributed by atoms with Crippen molar-refractivity contribution in [3.05, 3.63) is 57.3 Å². The highest BCUT2D eigenvalue weighted by atomic mass is 32.1. The highest BCUT2D eigenvalue weighted by Gasteiger charge is 2.20. The minimum absolute atomic E-state index is 0.0881. The molecule has 3 aromatic heterocycles. The quantitative estimate of drug-likeness (QED) is 0.461. The molecular weight excluding hydrogens is 292 g/mol. The van der Waals surface area contributed by atoms with Crippen molar-refractivity contribution in [2.45, 2.75) is 25.7 Å². The Labute approximate surface area is 130 Å². The Bertz CT molecular complexity index is 1110. The molecule has 0 fully saturated rings. The van der Waals surface area contributed by atoms with Crippen LogP contribution in [-0.4, -0.2) is 9.38 Å². The summed E-state index contributed by atoms with van der Waals surface area (Å²) >= 11 is 1.71. The zero-order valence-corrected chi connectivity index (χ0v) is 12.8. The summed E-state index contributed by atoms with van der Waals surface area (Å²) in [6.07, 6.45) is 6.38. The third-order valence-corrected chi connectivity index (χ3v) is 5.81. The van der Waals surface area contributed by atoms with E-state index in [9.17, 15) is 4.79 Å². The van der Waals surface area contributed by atoms with Crippen molar-refractivity contribution >= 4 is 38.0 Å². The molecular formula is C18H14N2OS. The van der Waals surface area contributed by atoms with Crippen molar-refractivity contribution in [2.75, 3.05) is 0 Å². The predicted octanol–water partition coefficient (Wildman–Crippen LogP) is 3.94. The van der Waals surface area contributed by atoms with E-state index < -0.39 is 0 Å². The van der Waals surface area contributed by atoms with Crippen LogP contribution < -0.4 is 5.56 Å². The maximum atomic E-state index is 13.0. The molecule has 3 nitrogen and oxygen atoms in total. The lowest BCUT2D eigenvalue weighted by molar-refractivity contribution is 0.700. The van der Waals surface area contributed by atoms with Gasteiger partial charge in [0, 0.05) is 16.5 Å². The molecule has 0 saturated carbocycles. The third kappa shape index (κ3) is 1.56. The number of fused-ring (bicyclic) bond motifs is 6. The molecule has 1 aliphatic carbocycles. The van der Waals surface area contributed by atoms with Gasteiger partial charge in [0.15, 0.2) is 0 Å². The fraction of sp³-hybridized carbons (Fsp3) is 0.222. The summed E-state index contributed by atoms with van der Waals surface area (Å²) in [5, 5.41) is 3.01. The largest absolute Gasteiger partial charge is 0.268 e. The van der Waals surface area contributed by atoms with E-state index in [0.717, 1.165) is 39.5 Å². The first-order valence-corrected chi connectivity index (χ1v) is 8.49. The molecule has 4 heteroatoms. The Morgan fingerprint density at radius 3 is 2.91 bits per heavy atom. The van der Waals surface area contributed by atoms with E-state index in [-0.39, 0.29) is 5.56 Å². The van der Waals surface area contributed by atoms with Crippen LogP contribution in [0.15, 0.2) is 41.3 Å². The number of benzene rings is 1. The molecule has 0 N–H and O–H groups in total. The summed E-state index contributed by atoms with van der Waals surface area (Å²) in [6.45, 7) is 0. The summed E-state index contributed by atoms with van der Waals surface area (Å²) in [5.74, 6) is 0. The average Bonchev–Trinajstić information content (AvgIpc) is 2.93. The van der Waals surface area contributed by atoms with Crippen molar-refractivity contribution in [1.82, 2.24) is 9.38 Å². The zero-order valence-electron chi connectivity index (χ0n) is 12.0. The fourth-order valence-corrected chi connectivity index (χ4v) is 4.80. The van der Waals surface area contributed by atoms with Crippen LogP contribution in [0.3, 0.4) is 0 Å². The van der Waals surface area contributed by atoms with Crippen LogP contribution in [0.25, 0.3) is 26.6 Å². The smallest absolute Gasteiger partial charge is 0.266 e. The average molecular weight is 306 g/mol. The lowest BCUT2D eigenvalue weighted by Crippen LogP contribution is -2.16. The van der Waals surface area contributed by atoms with E-state index in [1.807, 2.05) is 30.5 Å². The summed E-state index contributed by atoms with van der Waals surface area (Å²) < 4.78 is 1.71. The molecule has 0 aliphatic heterocycles. The molecule has 108 valence electrons. The maximum absolute atomic E-state index is 13.0. The lowest BCUT2D eigenvalue weighted by atomic mass is 9.97. The first-order chi connectivity index (χ1) is 10.8. The predicted molar refractivity (Wildman–Crippen MR) is 91.0 cm³/mol. The molecule has 0 saturated heterocycles. The molecule has 0 spiro atoms. The standard InChI is InChI=1S/C18H14N2OS/c21-18-15-13-7-3-4-8-14(13)22-17(15)19-16-12-6-2-1-5-11(12)9-10-20(16)18/h1-2,5-6,9-10H,3-4,7-8H2. The van der Waals surface area contributed by atoms with E-state index in [1.54, 1.807) is 15.7 Å². The normalized spacial score (nSPS) is 14.7. The minimum Gasteiger partial charge on any atom is -0.268 e. The number of hydrogen-bond acceptors (Lipinski definition) is 3. The number of pyridine rings is 1. The molecule has 22 heavy (non-hydrogen) atoms. The van der Waals surface area contributed by atoms with Gasteiger partial charge in [0.1, 0.15) is 10.5 Å². The number of thiophene rings is 1. The van der Waals surface area contributed by atoms with E-state index in [4.69, 9.17) is 4.98 Å². The monoisotopic (exact) mass is 306 g/mol. The van der Waals surface area contributed by atoms with Gasteiger partial charge in [-0.3, -0.25) is 9.20 Å². The number of aromatic nitrogens is 2. The first-order valence-electron chi connectivity index (χ1n) is 7.67. The minimum atomic E-state index is 0.0881. The molecule has 4 aromatic rings. The van der Waals surface area contributed by atoms with Crippen LogP contribution >= 0.6 is 11.3 Å². The first kappa shape index (κ1) is 12.4. The number of nitrogens with zero attached hydrogens (tertiary/aromatic N) is 2. The van der Waals surface area contributed by atoms with Gasteiger partial charge < -0.3 is 0 Å². The summed E-state index contributed by atoms with van der Waals surface area (Å²) in [6, 6.07) is 10.1. The zero-order chi connectivity index (χ0) is 14.7. The van der Waals surface area contributed by atoms with Crippen LogP contribution in [0.4, 0.5) is 0 Å². The number of rotatable bonds is 0. The van der Waals surface area contributed by atoms with Gasteiger partial charge in [0.2, 0.25) is 0 Å². The molecule has 5 rings (SSSR count). The van der Waals surface area contributed by atoms with Crippen LogP contribution in [0, 0.1) is 0 Å². The molecule has 0 atom stereocenters. The van der Waals surface area contributed by atoms with Crippen molar-refractivity contribution in [3.63, 3.8) is 0 Å². The third-order valence-electron chi connectivity index (χ3n) is 4.63. The van der Waals surface area contributed by atoms with Gasteiger partial charge in [-0.1, -0.05) is 24.3 Å². The van der Waals surface area contributed by atoms with Gasteiger partial charge in [0.05, 0.1) is 5.39 Å². The van der Waals surface area contributed by atoms with Gasteiger partial charge in [0.25, 0.3) is 5.56 Å². The molecule has 0 amide bonds. The van der Waals surface area contributed by atoms with E-state index in [0.29, 0.717) is 0 Å². The molecule has 1 aromatic carbocycles. The van der Waals surface area contributed by atoms with E-state index in [2.05, 4.69) is 6.07 Å². The van der Waals surface area contributed by atoms with E-state index in [1.165, 1.54) is 23.3 Å². The van der Waals surface area contributed by atoms with Crippen molar-refractivity contribution in [2.24, 2.45) is 0 Å². The van der Waals surface area contributed by atoms with Crippen LogP contribution in [-0.2, 0) is 12.8 Å². The fourth-order valence-electron chi connectivity index (χ4n) is 3.55. The van der Waals surface area contributed by atoms with Crippen molar-refractivity contribution in [1.29, 1.82) is 0 Å². The topological polar surface area (TPSA) is 34.4 Å². The Balaban J connectivity index is 2.01. The Morgan fingerprint density at radius 2 is 1.95 bits per heavy atom. The number of hydrogen-bond donors (Lipinski definition) is 0. The van der Waals surface area contributed by atoms with Crippen LogP contribution in [0.1, 0.15) is 23.3 Å². The summed E-state index contributed by atoms with van der Waals surface area (Å²) in [5.41, 5.74) is 2.12. The second-order valence-corrected chi connectivity index (χ2v) is 6.99. The van der Waals surface area contributed by atoms with Gasteiger partial charge in [-0.2, -0.15) is 0 Å². The maximum Gasteiger partial charge on any atom is 0.266 e. The lowest BCUT2D eigenvalue weighted by Gasteiger charge is -2.10. The molecule has 1 aliphatic rings. The van der Waals surface area contributed by atoms with Crippen LogP contribution in [0.2, 0.25) is 0 Å². The van der Waals surface area contributed by atoms with Crippen molar-refractivity contribution < 1.29 is 0 Å². The van der Waals surface area contributed by atoms with Gasteiger partial charge in [-0.25, -0.2) is 4.98 Å². The Kier molecular flexibility index (Phi) is 2.47. The van der Waals surface area contributed by atoms with Crippen molar-refractivity contribution in [3.8, 4) is 0 Å². The second kappa shape index (κ2) is 4.40. The van der Waals surface area contributed by atoms with Gasteiger partial charge in [-0.15, -0.1) is 11.3 Å². The molecule has 3 heterocycles. The molecule has 0 bridgehead atoms. The molecule has 0 unspecified atom stereocenters. The number of aryl methyl sites for hydroxylation is 2. The SMILES string of the molecule is O=c1c2c3c(sc2nc2c4ccccc4ccn12)CCCC3. The Hall–Kier alpha value is -2.20. The van der Waals surface area contributed by atoms with E-state index >= 15 is 0 Å². The molecule has 0 radical (unpaired) electrons. The Morgan fingerprint density at radius 1 is 1.09 bits per heavy atom. The summed E-state index contributed by atoms with van der Waals surface area (Å²) in [4.78, 5) is 20.1. The highest BCUT2D eigenvalue weighted by molar-refractivity contribution is 7.18. The van der Waals surface area contributed by atoms with Gasteiger partial charge >= 0.3 is 0 Å². The van der Waals surface area contributed by atoms with Gasteiger partial charge in [-0.05, 0) is 42.7 Å². The summed E-state index contributed by atoms with van der Waals surface area (Å²) in [7, 11) is 0.